The highest BCUT2D eigenvalue weighted by Crippen LogP contribution is 2.36. The van der Waals surface area contributed by atoms with Gasteiger partial charge in [-0.15, -0.1) is 0 Å². The maximum atomic E-state index is 12.9. The number of non-ortho nitro benzene ring substituents is 1. The van der Waals surface area contributed by atoms with Crippen LogP contribution in [0.4, 0.5) is 24.5 Å². The zero-order valence-corrected chi connectivity index (χ0v) is 10.5. The van der Waals surface area contributed by atoms with Crippen LogP contribution in [0.15, 0.2) is 24.5 Å². The summed E-state index contributed by atoms with van der Waals surface area (Å²) in [6.45, 7) is 0.177. The third kappa shape index (κ3) is 3.68. The Balaban J connectivity index is 2.16. The molecule has 0 aliphatic rings. The van der Waals surface area contributed by atoms with Crippen molar-refractivity contribution in [2.45, 2.75) is 12.6 Å². The van der Waals surface area contributed by atoms with Crippen LogP contribution in [0.5, 0.6) is 0 Å². The smallest absolute Gasteiger partial charge is 0.384 e. The van der Waals surface area contributed by atoms with Crippen molar-refractivity contribution >= 4 is 11.4 Å². The molecule has 0 aliphatic heterocycles. The third-order valence-electron chi connectivity index (χ3n) is 2.66. The van der Waals surface area contributed by atoms with E-state index in [9.17, 15) is 23.3 Å². The van der Waals surface area contributed by atoms with E-state index in [1.807, 2.05) is 0 Å². The van der Waals surface area contributed by atoms with Crippen LogP contribution in [0.2, 0.25) is 0 Å². The van der Waals surface area contributed by atoms with Crippen LogP contribution in [0.25, 0.3) is 0 Å². The summed E-state index contributed by atoms with van der Waals surface area (Å²) >= 11 is 0. The number of hydrogen-bond donors (Lipinski definition) is 2. The van der Waals surface area contributed by atoms with E-state index >= 15 is 0 Å². The van der Waals surface area contributed by atoms with Gasteiger partial charge in [0.25, 0.3) is 5.69 Å². The van der Waals surface area contributed by atoms with Crippen molar-refractivity contribution in [3.63, 3.8) is 0 Å². The minimum Gasteiger partial charge on any atom is -0.384 e. The number of alkyl halides is 3. The van der Waals surface area contributed by atoms with E-state index in [0.717, 1.165) is 12.1 Å². The molecule has 0 bridgehead atoms. The topological polar surface area (TPSA) is 96.7 Å². The molecule has 2 N–H and O–H groups in total. The van der Waals surface area contributed by atoms with Crippen molar-refractivity contribution in [1.82, 2.24) is 15.2 Å². The molecular weight excluding hydrogens is 291 g/mol. The number of nitrogens with one attached hydrogen (secondary N) is 2. The average Bonchev–Trinajstić information content (AvgIpc) is 2.90. The lowest BCUT2D eigenvalue weighted by atomic mass is 10.1. The first-order valence-corrected chi connectivity index (χ1v) is 5.81. The molecule has 1 heterocycles. The molecule has 7 nitrogen and oxygen atoms in total. The van der Waals surface area contributed by atoms with Crippen LogP contribution < -0.4 is 5.32 Å². The molecule has 2 aromatic rings. The van der Waals surface area contributed by atoms with Gasteiger partial charge in [0.2, 0.25) is 0 Å². The van der Waals surface area contributed by atoms with Gasteiger partial charge >= 0.3 is 6.18 Å². The molecule has 0 fully saturated rings. The van der Waals surface area contributed by atoms with Crippen LogP contribution in [0, 0.1) is 10.1 Å². The van der Waals surface area contributed by atoms with Crippen molar-refractivity contribution in [2.24, 2.45) is 0 Å². The van der Waals surface area contributed by atoms with Crippen LogP contribution in [-0.2, 0) is 12.6 Å². The number of benzene rings is 1. The van der Waals surface area contributed by atoms with Gasteiger partial charge in [-0.2, -0.15) is 18.3 Å². The Labute approximate surface area is 116 Å². The van der Waals surface area contributed by atoms with Gasteiger partial charge in [0.15, 0.2) is 0 Å². The number of H-pyrrole nitrogens is 1. The second kappa shape index (κ2) is 5.77. The molecule has 21 heavy (non-hydrogen) atoms. The summed E-state index contributed by atoms with van der Waals surface area (Å²) in [5, 5.41) is 19.3. The highest BCUT2D eigenvalue weighted by molar-refractivity contribution is 5.57. The fourth-order valence-corrected chi connectivity index (χ4v) is 1.70. The average molecular weight is 301 g/mol. The second-order valence-corrected chi connectivity index (χ2v) is 4.09. The largest absolute Gasteiger partial charge is 0.418 e. The summed E-state index contributed by atoms with van der Waals surface area (Å²) in [5.74, 6) is 0.526. The highest BCUT2D eigenvalue weighted by atomic mass is 19.4. The number of aromatic amines is 1. The predicted octanol–water partition coefficient (Wildman–Crippen LogP) is 2.39. The molecular formula is C11H10F3N5O2. The Hall–Kier alpha value is -2.65. The Kier molecular flexibility index (Phi) is 4.05. The third-order valence-corrected chi connectivity index (χ3v) is 2.66. The van der Waals surface area contributed by atoms with Crippen LogP contribution in [0.1, 0.15) is 11.4 Å². The maximum Gasteiger partial charge on any atom is 0.418 e. The van der Waals surface area contributed by atoms with Gasteiger partial charge in [0.1, 0.15) is 12.2 Å². The van der Waals surface area contributed by atoms with Crippen molar-refractivity contribution in [3.8, 4) is 0 Å². The van der Waals surface area contributed by atoms with Gasteiger partial charge in [0.05, 0.1) is 10.5 Å². The first kappa shape index (κ1) is 14.8. The number of rotatable bonds is 5. The van der Waals surface area contributed by atoms with E-state index in [1.165, 1.54) is 6.33 Å². The summed E-state index contributed by atoms with van der Waals surface area (Å²) in [7, 11) is 0. The van der Waals surface area contributed by atoms with E-state index in [1.54, 1.807) is 0 Å². The van der Waals surface area contributed by atoms with Gasteiger partial charge < -0.3 is 5.32 Å². The van der Waals surface area contributed by atoms with Gasteiger partial charge in [-0.05, 0) is 6.07 Å². The normalized spacial score (nSPS) is 11.4. The fourth-order valence-electron chi connectivity index (χ4n) is 1.70. The van der Waals surface area contributed by atoms with Crippen LogP contribution >= 0.6 is 0 Å². The zero-order chi connectivity index (χ0) is 15.5. The van der Waals surface area contributed by atoms with Gasteiger partial charge in [-0.25, -0.2) is 4.98 Å². The molecule has 1 aromatic carbocycles. The summed E-state index contributed by atoms with van der Waals surface area (Å²) in [6, 6.07) is 2.57. The summed E-state index contributed by atoms with van der Waals surface area (Å²) < 4.78 is 38.7. The first-order valence-electron chi connectivity index (χ1n) is 5.81. The predicted molar refractivity (Wildman–Crippen MR) is 66.7 cm³/mol. The van der Waals surface area contributed by atoms with E-state index < -0.39 is 22.4 Å². The van der Waals surface area contributed by atoms with Crippen molar-refractivity contribution in [1.29, 1.82) is 0 Å². The second-order valence-electron chi connectivity index (χ2n) is 4.09. The standard InChI is InChI=1S/C11H10F3N5O2/c12-11(13,14)8-5-7(19(20)21)1-2-9(8)15-4-3-10-16-6-17-18-10/h1-2,5-6,15H,3-4H2,(H,16,17,18). The Bertz CT molecular complexity index is 627. The quantitative estimate of drug-likeness (QED) is 0.653. The molecule has 0 saturated heterocycles. The molecule has 0 amide bonds. The molecule has 0 unspecified atom stereocenters. The van der Waals surface area contributed by atoms with Crippen molar-refractivity contribution in [3.05, 3.63) is 46.0 Å². The van der Waals surface area contributed by atoms with E-state index in [0.29, 0.717) is 18.3 Å². The number of nitro groups is 1. The van der Waals surface area contributed by atoms with Crippen molar-refractivity contribution < 1.29 is 18.1 Å². The Morgan fingerprint density at radius 2 is 2.14 bits per heavy atom. The number of nitrogens with zero attached hydrogens (tertiary/aromatic N) is 3. The van der Waals surface area contributed by atoms with E-state index in [2.05, 4.69) is 20.5 Å². The van der Waals surface area contributed by atoms with E-state index in [-0.39, 0.29) is 12.2 Å². The zero-order valence-electron chi connectivity index (χ0n) is 10.5. The van der Waals surface area contributed by atoms with Gasteiger partial charge in [-0.3, -0.25) is 15.2 Å². The monoisotopic (exact) mass is 301 g/mol. The highest BCUT2D eigenvalue weighted by Gasteiger charge is 2.35. The molecule has 0 saturated carbocycles. The lowest BCUT2D eigenvalue weighted by Crippen LogP contribution is -2.13. The first-order chi connectivity index (χ1) is 9.88. The minimum atomic E-state index is -4.68. The van der Waals surface area contributed by atoms with Crippen LogP contribution in [0.3, 0.4) is 0 Å². The lowest BCUT2D eigenvalue weighted by Gasteiger charge is -2.14. The van der Waals surface area contributed by atoms with E-state index in [4.69, 9.17) is 0 Å². The summed E-state index contributed by atoms with van der Waals surface area (Å²) in [6.07, 6.45) is -3.04. The van der Waals surface area contributed by atoms with Gasteiger partial charge in [-0.1, -0.05) is 0 Å². The number of halogens is 3. The lowest BCUT2D eigenvalue weighted by molar-refractivity contribution is -0.385. The number of aromatic nitrogens is 3. The number of anilines is 1. The molecule has 112 valence electrons. The Morgan fingerprint density at radius 3 is 2.71 bits per heavy atom. The summed E-state index contributed by atoms with van der Waals surface area (Å²) in [5.41, 5.74) is -1.90. The minimum absolute atomic E-state index is 0.177. The fraction of sp³-hybridized carbons (Fsp3) is 0.273. The SMILES string of the molecule is O=[N+]([O-])c1ccc(NCCc2ncn[nH]2)c(C(F)(F)F)c1. The molecule has 0 aliphatic carbocycles. The van der Waals surface area contributed by atoms with Crippen LogP contribution in [-0.4, -0.2) is 26.6 Å². The molecule has 0 radical (unpaired) electrons. The molecule has 1 aromatic heterocycles. The van der Waals surface area contributed by atoms with Gasteiger partial charge in [0, 0.05) is 30.8 Å². The summed E-state index contributed by atoms with van der Waals surface area (Å²) in [4.78, 5) is 13.5. The molecule has 0 atom stereocenters. The number of hydrogen-bond acceptors (Lipinski definition) is 5. The molecule has 10 heteroatoms. The molecule has 0 spiro atoms. The number of nitro benzene ring substituents is 1. The Morgan fingerprint density at radius 1 is 1.38 bits per heavy atom. The maximum absolute atomic E-state index is 12.9. The van der Waals surface area contributed by atoms with Crippen molar-refractivity contribution in [2.75, 3.05) is 11.9 Å². The molecule has 2 rings (SSSR count).